The van der Waals surface area contributed by atoms with Gasteiger partial charge < -0.3 is 9.64 Å². The molecule has 5 nitrogen and oxygen atoms in total. The Morgan fingerprint density at radius 3 is 2.27 bits per heavy atom. The van der Waals surface area contributed by atoms with Crippen molar-refractivity contribution in [2.24, 2.45) is 0 Å². The molecule has 0 radical (unpaired) electrons. The van der Waals surface area contributed by atoms with Gasteiger partial charge in [-0.05, 0) is 48.2 Å². The van der Waals surface area contributed by atoms with Crippen LogP contribution in [-0.4, -0.2) is 33.3 Å². The summed E-state index contributed by atoms with van der Waals surface area (Å²) in [4.78, 5) is 18.8. The van der Waals surface area contributed by atoms with Crippen LogP contribution in [0.5, 0.6) is 10.9 Å². The number of benzene rings is 2. The molecule has 0 N–H and O–H groups in total. The highest BCUT2D eigenvalue weighted by atomic mass is 32.1. The van der Waals surface area contributed by atoms with E-state index in [2.05, 4.69) is 23.2 Å². The molecule has 1 amide bonds. The molecule has 1 aromatic heterocycles. The third kappa shape index (κ3) is 6.35. The first-order valence-electron chi connectivity index (χ1n) is 10.2. The quantitative estimate of drug-likeness (QED) is 0.443. The number of rotatable bonds is 10. The Hall–Kier alpha value is -2.80. The van der Waals surface area contributed by atoms with Gasteiger partial charge in [0.1, 0.15) is 11.6 Å². The molecule has 0 aliphatic carbocycles. The summed E-state index contributed by atoms with van der Waals surface area (Å²) in [5.74, 6) is 1.18. The molecule has 0 saturated carbocycles. The number of ether oxygens (including phenoxy) is 1. The van der Waals surface area contributed by atoms with E-state index in [1.54, 1.807) is 12.1 Å². The molecule has 0 saturated heterocycles. The van der Waals surface area contributed by atoms with Crippen molar-refractivity contribution >= 4 is 17.4 Å². The topological polar surface area (TPSA) is 55.3 Å². The predicted octanol–water partition coefficient (Wildman–Crippen LogP) is 5.25. The summed E-state index contributed by atoms with van der Waals surface area (Å²) in [5.41, 5.74) is 1.90. The fraction of sp³-hybridized carbons (Fsp3) is 0.348. The van der Waals surface area contributed by atoms with Crippen LogP contribution < -0.4 is 4.74 Å². The molecule has 3 rings (SSSR count). The summed E-state index contributed by atoms with van der Waals surface area (Å²) in [6.45, 7) is 5.76. The minimum absolute atomic E-state index is 0.155. The average Bonchev–Trinajstić information content (AvgIpc) is 3.17. The van der Waals surface area contributed by atoms with Crippen molar-refractivity contribution in [3.63, 3.8) is 0 Å². The maximum absolute atomic E-state index is 13.0. The van der Waals surface area contributed by atoms with Crippen LogP contribution in [0.1, 0.15) is 43.6 Å². The van der Waals surface area contributed by atoms with Crippen LogP contribution in [-0.2, 0) is 17.6 Å². The lowest BCUT2D eigenvalue weighted by molar-refractivity contribution is -0.130. The largest absolute Gasteiger partial charge is 0.430 e. The lowest BCUT2D eigenvalue weighted by atomic mass is 10.1. The summed E-state index contributed by atoms with van der Waals surface area (Å²) < 4.78 is 23.1. The number of hydrogen-bond acceptors (Lipinski definition) is 5. The van der Waals surface area contributed by atoms with E-state index in [1.165, 1.54) is 23.7 Å². The summed E-state index contributed by atoms with van der Waals surface area (Å²) >= 11 is 1.18. The SMILES string of the molecule is CCCN(CCC)C(=O)Cc1ccc(Oc2nc(Cc3ccc(F)cc3)ns2)cc1. The Morgan fingerprint density at radius 2 is 1.63 bits per heavy atom. The van der Waals surface area contributed by atoms with E-state index in [9.17, 15) is 9.18 Å². The van der Waals surface area contributed by atoms with E-state index in [-0.39, 0.29) is 11.7 Å². The Bertz CT molecular complexity index is 936. The lowest BCUT2D eigenvalue weighted by Crippen LogP contribution is -2.33. The molecular weight excluding hydrogens is 401 g/mol. The first-order chi connectivity index (χ1) is 14.6. The van der Waals surface area contributed by atoms with Gasteiger partial charge in [0.25, 0.3) is 5.19 Å². The number of hydrogen-bond donors (Lipinski definition) is 0. The van der Waals surface area contributed by atoms with Gasteiger partial charge in [-0.3, -0.25) is 4.79 Å². The van der Waals surface area contributed by atoms with E-state index in [4.69, 9.17) is 4.74 Å². The summed E-state index contributed by atoms with van der Waals surface area (Å²) in [6, 6.07) is 13.8. The minimum atomic E-state index is -0.261. The molecule has 0 fully saturated rings. The highest BCUT2D eigenvalue weighted by molar-refractivity contribution is 7.07. The van der Waals surface area contributed by atoms with Crippen molar-refractivity contribution in [2.45, 2.75) is 39.5 Å². The zero-order valence-electron chi connectivity index (χ0n) is 17.3. The second-order valence-corrected chi connectivity index (χ2v) is 7.80. The van der Waals surface area contributed by atoms with E-state index in [0.29, 0.717) is 29.6 Å². The standard InChI is InChI=1S/C23H26FN3O2S/c1-3-13-27(14-4-2)22(28)16-18-7-11-20(12-8-18)29-23-25-21(26-30-23)15-17-5-9-19(24)10-6-17/h5-12H,3-4,13-16H2,1-2H3. The molecule has 158 valence electrons. The van der Waals surface area contributed by atoms with Gasteiger partial charge >= 0.3 is 0 Å². The monoisotopic (exact) mass is 427 g/mol. The van der Waals surface area contributed by atoms with Crippen molar-refractivity contribution in [1.82, 2.24) is 14.3 Å². The normalized spacial score (nSPS) is 10.8. The van der Waals surface area contributed by atoms with Crippen molar-refractivity contribution in [3.8, 4) is 10.9 Å². The van der Waals surface area contributed by atoms with Crippen molar-refractivity contribution in [2.75, 3.05) is 13.1 Å². The van der Waals surface area contributed by atoms with Crippen LogP contribution in [0.4, 0.5) is 4.39 Å². The van der Waals surface area contributed by atoms with Crippen molar-refractivity contribution in [1.29, 1.82) is 0 Å². The van der Waals surface area contributed by atoms with Crippen LogP contribution >= 0.6 is 11.5 Å². The fourth-order valence-corrected chi connectivity index (χ4v) is 3.67. The van der Waals surface area contributed by atoms with Gasteiger partial charge in [0.15, 0.2) is 5.82 Å². The van der Waals surface area contributed by atoms with Gasteiger partial charge in [-0.1, -0.05) is 38.1 Å². The molecule has 2 aromatic carbocycles. The van der Waals surface area contributed by atoms with Crippen LogP contribution in [0.3, 0.4) is 0 Å². The summed E-state index contributed by atoms with van der Waals surface area (Å²) in [5, 5.41) is 0.452. The molecule has 0 atom stereocenters. The third-order valence-corrected chi connectivity index (χ3v) is 5.18. The van der Waals surface area contributed by atoms with Crippen LogP contribution in [0.2, 0.25) is 0 Å². The second kappa shape index (κ2) is 10.8. The average molecular weight is 428 g/mol. The first kappa shape index (κ1) is 21.9. The molecule has 30 heavy (non-hydrogen) atoms. The molecule has 0 aliphatic rings. The highest BCUT2D eigenvalue weighted by Crippen LogP contribution is 2.24. The Kier molecular flexibility index (Phi) is 7.90. The second-order valence-electron chi connectivity index (χ2n) is 7.08. The molecule has 0 bridgehead atoms. The van der Waals surface area contributed by atoms with Gasteiger partial charge in [-0.15, -0.1) is 0 Å². The number of aromatic nitrogens is 2. The summed E-state index contributed by atoms with van der Waals surface area (Å²) in [6.07, 6.45) is 2.83. The van der Waals surface area contributed by atoms with E-state index < -0.39 is 0 Å². The summed E-state index contributed by atoms with van der Waals surface area (Å²) in [7, 11) is 0. The van der Waals surface area contributed by atoms with Crippen molar-refractivity contribution < 1.29 is 13.9 Å². The Balaban J connectivity index is 1.56. The van der Waals surface area contributed by atoms with E-state index in [1.807, 2.05) is 29.2 Å². The number of amides is 1. The Labute approximate surface area is 180 Å². The molecule has 7 heteroatoms. The van der Waals surface area contributed by atoms with Gasteiger partial charge in [-0.2, -0.15) is 9.36 Å². The maximum atomic E-state index is 13.0. The molecule has 3 aromatic rings. The minimum Gasteiger partial charge on any atom is -0.430 e. The highest BCUT2D eigenvalue weighted by Gasteiger charge is 2.13. The number of halogens is 1. The molecule has 1 heterocycles. The van der Waals surface area contributed by atoms with Crippen LogP contribution in [0, 0.1) is 5.82 Å². The molecule has 0 spiro atoms. The van der Waals surface area contributed by atoms with Gasteiger partial charge in [0.05, 0.1) is 6.42 Å². The number of carbonyl (C=O) groups excluding carboxylic acids is 1. The maximum Gasteiger partial charge on any atom is 0.298 e. The van der Waals surface area contributed by atoms with Crippen LogP contribution in [0.25, 0.3) is 0 Å². The lowest BCUT2D eigenvalue weighted by Gasteiger charge is -2.21. The van der Waals surface area contributed by atoms with Gasteiger partial charge in [0, 0.05) is 31.0 Å². The number of carbonyl (C=O) groups is 1. The third-order valence-electron chi connectivity index (χ3n) is 4.55. The van der Waals surface area contributed by atoms with Gasteiger partial charge in [-0.25, -0.2) is 4.39 Å². The van der Waals surface area contributed by atoms with E-state index >= 15 is 0 Å². The molecular formula is C23H26FN3O2S. The Morgan fingerprint density at radius 1 is 1.00 bits per heavy atom. The molecule has 0 unspecified atom stereocenters. The van der Waals surface area contributed by atoms with E-state index in [0.717, 1.165) is 37.1 Å². The molecule has 0 aliphatic heterocycles. The zero-order valence-corrected chi connectivity index (χ0v) is 18.1. The smallest absolute Gasteiger partial charge is 0.298 e. The first-order valence-corrected chi connectivity index (χ1v) is 11.0. The number of nitrogens with zero attached hydrogens (tertiary/aromatic N) is 3. The van der Waals surface area contributed by atoms with Crippen LogP contribution in [0.15, 0.2) is 48.5 Å². The predicted molar refractivity (Wildman–Crippen MR) is 116 cm³/mol. The van der Waals surface area contributed by atoms with Crippen molar-refractivity contribution in [3.05, 3.63) is 71.3 Å². The van der Waals surface area contributed by atoms with Gasteiger partial charge in [0.2, 0.25) is 5.91 Å². The zero-order chi connectivity index (χ0) is 21.3. The fourth-order valence-electron chi connectivity index (χ4n) is 3.10.